The van der Waals surface area contributed by atoms with E-state index in [1.165, 1.54) is 0 Å². The molecule has 1 atom stereocenters. The molecule has 1 saturated heterocycles. The molecule has 90 valence electrons. The van der Waals surface area contributed by atoms with E-state index in [4.69, 9.17) is 11.6 Å². The number of benzene rings is 1. The Bertz CT molecular complexity index is 474. The lowest BCUT2D eigenvalue weighted by Gasteiger charge is -2.43. The third-order valence-electron chi connectivity index (χ3n) is 3.70. The van der Waals surface area contributed by atoms with Gasteiger partial charge in [0.15, 0.2) is 0 Å². The molecule has 0 spiro atoms. The molecule has 3 rings (SSSR count). The van der Waals surface area contributed by atoms with Crippen LogP contribution in [-0.4, -0.2) is 48.4 Å². The van der Waals surface area contributed by atoms with Crippen LogP contribution in [0.25, 0.3) is 0 Å². The van der Waals surface area contributed by atoms with Crippen LogP contribution in [0.5, 0.6) is 0 Å². The predicted molar refractivity (Wildman–Crippen MR) is 67.5 cm³/mol. The SMILES string of the molecule is CN1CCN2C(=O)c3ccc(Cl)cc3CC2C1. The van der Waals surface area contributed by atoms with Gasteiger partial charge >= 0.3 is 0 Å². The fourth-order valence-corrected chi connectivity index (χ4v) is 3.00. The Balaban J connectivity index is 1.99. The van der Waals surface area contributed by atoms with Crippen LogP contribution >= 0.6 is 11.6 Å². The lowest BCUT2D eigenvalue weighted by Crippen LogP contribution is -2.57. The Labute approximate surface area is 106 Å². The van der Waals surface area contributed by atoms with Gasteiger partial charge in [-0.1, -0.05) is 11.6 Å². The molecule has 0 N–H and O–H groups in total. The van der Waals surface area contributed by atoms with Crippen molar-refractivity contribution in [2.75, 3.05) is 26.7 Å². The number of hydrogen-bond donors (Lipinski definition) is 0. The van der Waals surface area contributed by atoms with Gasteiger partial charge < -0.3 is 9.80 Å². The van der Waals surface area contributed by atoms with E-state index in [2.05, 4.69) is 11.9 Å². The van der Waals surface area contributed by atoms with Crippen LogP contribution in [0.2, 0.25) is 5.02 Å². The van der Waals surface area contributed by atoms with Gasteiger partial charge in [0, 0.05) is 36.3 Å². The van der Waals surface area contributed by atoms with Crippen molar-refractivity contribution in [3.63, 3.8) is 0 Å². The number of likely N-dealkylation sites (N-methyl/N-ethyl adjacent to an activating group) is 1. The summed E-state index contributed by atoms with van der Waals surface area (Å²) in [5.74, 6) is 0.168. The molecule has 4 heteroatoms. The Kier molecular flexibility index (Phi) is 2.60. The van der Waals surface area contributed by atoms with Crippen LogP contribution < -0.4 is 0 Å². The van der Waals surface area contributed by atoms with Gasteiger partial charge in [-0.3, -0.25) is 4.79 Å². The zero-order valence-corrected chi connectivity index (χ0v) is 10.6. The van der Waals surface area contributed by atoms with E-state index in [0.29, 0.717) is 11.1 Å². The molecule has 17 heavy (non-hydrogen) atoms. The number of hydrogen-bond acceptors (Lipinski definition) is 2. The molecular formula is C13H15ClN2O. The highest BCUT2D eigenvalue weighted by atomic mass is 35.5. The first-order chi connectivity index (χ1) is 8.15. The number of rotatable bonds is 0. The molecule has 0 radical (unpaired) electrons. The molecule has 2 aliphatic heterocycles. The number of halogens is 1. The Morgan fingerprint density at radius 2 is 2.18 bits per heavy atom. The smallest absolute Gasteiger partial charge is 0.254 e. The summed E-state index contributed by atoms with van der Waals surface area (Å²) in [6.07, 6.45) is 0.923. The zero-order chi connectivity index (χ0) is 12.0. The first-order valence-electron chi connectivity index (χ1n) is 5.93. The number of nitrogens with zero attached hydrogens (tertiary/aromatic N) is 2. The van der Waals surface area contributed by atoms with Crippen LogP contribution in [-0.2, 0) is 6.42 Å². The lowest BCUT2D eigenvalue weighted by atomic mass is 9.92. The normalized spacial score (nSPS) is 24.5. The van der Waals surface area contributed by atoms with Crippen LogP contribution in [0, 0.1) is 0 Å². The van der Waals surface area contributed by atoms with Crippen molar-refractivity contribution in [3.05, 3.63) is 34.3 Å². The Morgan fingerprint density at radius 3 is 3.00 bits per heavy atom. The molecule has 3 nitrogen and oxygen atoms in total. The first-order valence-corrected chi connectivity index (χ1v) is 6.31. The van der Waals surface area contributed by atoms with Gasteiger partial charge in [0.2, 0.25) is 0 Å². The summed E-state index contributed by atoms with van der Waals surface area (Å²) in [7, 11) is 2.11. The van der Waals surface area contributed by atoms with Gasteiger partial charge in [0.25, 0.3) is 5.91 Å². The van der Waals surface area contributed by atoms with Crippen molar-refractivity contribution in [2.24, 2.45) is 0 Å². The number of carbonyl (C=O) groups is 1. The predicted octanol–water partition coefficient (Wildman–Crippen LogP) is 1.65. The van der Waals surface area contributed by atoms with Crippen molar-refractivity contribution in [1.29, 1.82) is 0 Å². The van der Waals surface area contributed by atoms with Gasteiger partial charge in [0.1, 0.15) is 0 Å². The monoisotopic (exact) mass is 250 g/mol. The summed E-state index contributed by atoms with van der Waals surface area (Å²) in [5.41, 5.74) is 1.93. The summed E-state index contributed by atoms with van der Waals surface area (Å²) in [4.78, 5) is 16.6. The number of amides is 1. The number of fused-ring (bicyclic) bond motifs is 2. The number of carbonyl (C=O) groups excluding carboxylic acids is 1. The van der Waals surface area contributed by atoms with Gasteiger partial charge in [-0.2, -0.15) is 0 Å². The fourth-order valence-electron chi connectivity index (χ4n) is 2.80. The minimum atomic E-state index is 0.168. The largest absolute Gasteiger partial charge is 0.333 e. The average molecular weight is 251 g/mol. The topological polar surface area (TPSA) is 23.6 Å². The molecule has 1 fully saturated rings. The van der Waals surface area contributed by atoms with Gasteiger partial charge in [-0.05, 0) is 37.2 Å². The highest BCUT2D eigenvalue weighted by Crippen LogP contribution is 2.27. The third kappa shape index (κ3) is 1.83. The highest BCUT2D eigenvalue weighted by Gasteiger charge is 2.35. The van der Waals surface area contributed by atoms with E-state index in [-0.39, 0.29) is 5.91 Å². The van der Waals surface area contributed by atoms with Crippen LogP contribution in [0.15, 0.2) is 18.2 Å². The van der Waals surface area contributed by atoms with Crippen molar-refractivity contribution in [1.82, 2.24) is 9.80 Å². The van der Waals surface area contributed by atoms with E-state index >= 15 is 0 Å². The summed E-state index contributed by atoms with van der Waals surface area (Å²) in [5, 5.41) is 0.717. The summed E-state index contributed by atoms with van der Waals surface area (Å²) in [6.45, 7) is 2.75. The summed E-state index contributed by atoms with van der Waals surface area (Å²) >= 11 is 5.99. The minimum absolute atomic E-state index is 0.168. The molecule has 0 saturated carbocycles. The van der Waals surface area contributed by atoms with Crippen LogP contribution in [0.3, 0.4) is 0 Å². The second kappa shape index (κ2) is 4.00. The van der Waals surface area contributed by atoms with E-state index in [9.17, 15) is 4.79 Å². The second-order valence-electron chi connectivity index (χ2n) is 4.92. The maximum Gasteiger partial charge on any atom is 0.254 e. The molecule has 0 aliphatic carbocycles. The molecule has 1 aromatic rings. The van der Waals surface area contributed by atoms with E-state index < -0.39 is 0 Å². The second-order valence-corrected chi connectivity index (χ2v) is 5.36. The summed E-state index contributed by atoms with van der Waals surface area (Å²) < 4.78 is 0. The molecule has 0 bridgehead atoms. The molecule has 0 aromatic heterocycles. The van der Waals surface area contributed by atoms with Crippen molar-refractivity contribution >= 4 is 17.5 Å². The minimum Gasteiger partial charge on any atom is -0.333 e. The van der Waals surface area contributed by atoms with Crippen molar-refractivity contribution in [2.45, 2.75) is 12.5 Å². The van der Waals surface area contributed by atoms with Crippen molar-refractivity contribution in [3.8, 4) is 0 Å². The fraction of sp³-hybridized carbons (Fsp3) is 0.462. The molecule has 2 aliphatic rings. The quantitative estimate of drug-likeness (QED) is 0.699. The van der Waals surface area contributed by atoms with E-state index in [1.807, 2.05) is 17.0 Å². The van der Waals surface area contributed by atoms with Gasteiger partial charge in [0.05, 0.1) is 0 Å². The van der Waals surface area contributed by atoms with Crippen LogP contribution in [0.1, 0.15) is 15.9 Å². The maximum atomic E-state index is 12.3. The van der Waals surface area contributed by atoms with Crippen LogP contribution in [0.4, 0.5) is 0 Å². The lowest BCUT2D eigenvalue weighted by molar-refractivity contribution is 0.0465. The molecule has 1 unspecified atom stereocenters. The first kappa shape index (κ1) is 11.1. The molecule has 1 amide bonds. The Morgan fingerprint density at radius 1 is 1.35 bits per heavy atom. The standard InChI is InChI=1S/C13H15ClN2O/c1-15-4-5-16-11(8-15)7-9-6-10(14)2-3-12(9)13(16)17/h2-3,6,11H,4-5,7-8H2,1H3. The van der Waals surface area contributed by atoms with Gasteiger partial charge in [-0.15, -0.1) is 0 Å². The van der Waals surface area contributed by atoms with E-state index in [0.717, 1.165) is 37.2 Å². The maximum absolute atomic E-state index is 12.3. The molecule has 2 heterocycles. The Hall–Kier alpha value is -1.06. The van der Waals surface area contributed by atoms with Gasteiger partial charge in [-0.25, -0.2) is 0 Å². The molecule has 1 aromatic carbocycles. The summed E-state index contributed by atoms with van der Waals surface area (Å²) in [6, 6.07) is 5.90. The zero-order valence-electron chi connectivity index (χ0n) is 9.82. The third-order valence-corrected chi connectivity index (χ3v) is 3.94. The molecular weight excluding hydrogens is 236 g/mol. The van der Waals surface area contributed by atoms with Crippen molar-refractivity contribution < 1.29 is 4.79 Å². The average Bonchev–Trinajstić information content (AvgIpc) is 2.28. The number of piperazine rings is 1. The van der Waals surface area contributed by atoms with E-state index in [1.54, 1.807) is 6.07 Å². The highest BCUT2D eigenvalue weighted by molar-refractivity contribution is 6.30.